The highest BCUT2D eigenvalue weighted by atomic mass is 19.1. The van der Waals surface area contributed by atoms with Crippen LogP contribution >= 0.6 is 0 Å². The first-order valence-corrected chi connectivity index (χ1v) is 7.34. The molecule has 1 saturated heterocycles. The van der Waals surface area contributed by atoms with Crippen LogP contribution in [-0.4, -0.2) is 30.3 Å². The Morgan fingerprint density at radius 3 is 2.81 bits per heavy atom. The van der Waals surface area contributed by atoms with Gasteiger partial charge < -0.3 is 10.2 Å². The minimum Gasteiger partial charge on any atom is -0.356 e. The van der Waals surface area contributed by atoms with Gasteiger partial charge in [-0.15, -0.1) is 0 Å². The van der Waals surface area contributed by atoms with Crippen LogP contribution in [0.2, 0.25) is 0 Å². The molecule has 0 bridgehead atoms. The number of amides is 2. The molecule has 21 heavy (non-hydrogen) atoms. The molecule has 1 N–H and O–H groups in total. The number of halogens is 1. The number of hydrogen-bond donors (Lipinski definition) is 1. The van der Waals surface area contributed by atoms with Crippen LogP contribution in [0.3, 0.4) is 0 Å². The van der Waals surface area contributed by atoms with Crippen LogP contribution in [0.1, 0.15) is 37.8 Å². The molecule has 1 fully saturated rings. The molecular formula is C16H21FN2O2. The second kappa shape index (κ2) is 6.70. The lowest BCUT2D eigenvalue weighted by molar-refractivity contribution is -0.141. The zero-order valence-corrected chi connectivity index (χ0v) is 12.4. The molecule has 1 aromatic rings. The second-order valence-electron chi connectivity index (χ2n) is 5.41. The van der Waals surface area contributed by atoms with Gasteiger partial charge in [-0.1, -0.05) is 25.1 Å². The number of piperidine rings is 1. The molecule has 0 saturated carbocycles. The van der Waals surface area contributed by atoms with E-state index >= 15 is 0 Å². The standard InChI is InChI=1S/C16H21FN2O2/c1-3-10-18-16(21)12-8-9-14(20)19(2)15(12)11-6-4-5-7-13(11)17/h4-7,12,15H,3,8-10H2,1-2H3,(H,18,21)/t12-,15-/m1/s1. The Morgan fingerprint density at radius 1 is 1.43 bits per heavy atom. The number of nitrogens with zero attached hydrogens (tertiary/aromatic N) is 1. The Labute approximate surface area is 124 Å². The van der Waals surface area contributed by atoms with Crippen LogP contribution in [0.25, 0.3) is 0 Å². The van der Waals surface area contributed by atoms with Crippen molar-refractivity contribution >= 4 is 11.8 Å². The molecule has 0 spiro atoms. The third-order valence-electron chi connectivity index (χ3n) is 3.97. The smallest absolute Gasteiger partial charge is 0.225 e. The lowest BCUT2D eigenvalue weighted by atomic mass is 9.83. The van der Waals surface area contributed by atoms with Crippen molar-refractivity contribution in [3.05, 3.63) is 35.6 Å². The molecule has 1 heterocycles. The van der Waals surface area contributed by atoms with Gasteiger partial charge >= 0.3 is 0 Å². The van der Waals surface area contributed by atoms with Crippen molar-refractivity contribution in [3.8, 4) is 0 Å². The minimum absolute atomic E-state index is 0.0530. The largest absolute Gasteiger partial charge is 0.356 e. The molecule has 4 nitrogen and oxygen atoms in total. The second-order valence-corrected chi connectivity index (χ2v) is 5.41. The summed E-state index contributed by atoms with van der Waals surface area (Å²) in [5, 5.41) is 2.86. The Morgan fingerprint density at radius 2 is 2.14 bits per heavy atom. The fourth-order valence-corrected chi connectivity index (χ4v) is 2.83. The van der Waals surface area contributed by atoms with E-state index in [4.69, 9.17) is 0 Å². The summed E-state index contributed by atoms with van der Waals surface area (Å²) in [4.78, 5) is 25.8. The summed E-state index contributed by atoms with van der Waals surface area (Å²) in [6.07, 6.45) is 1.63. The molecule has 5 heteroatoms. The zero-order valence-electron chi connectivity index (χ0n) is 12.4. The first-order chi connectivity index (χ1) is 10.1. The maximum atomic E-state index is 14.1. The monoisotopic (exact) mass is 292 g/mol. The van der Waals surface area contributed by atoms with E-state index in [0.717, 1.165) is 6.42 Å². The van der Waals surface area contributed by atoms with Crippen molar-refractivity contribution in [1.82, 2.24) is 10.2 Å². The van der Waals surface area contributed by atoms with Gasteiger partial charge in [0, 0.05) is 25.6 Å². The van der Waals surface area contributed by atoms with Gasteiger partial charge in [-0.25, -0.2) is 4.39 Å². The molecule has 2 atom stereocenters. The first-order valence-electron chi connectivity index (χ1n) is 7.34. The van der Waals surface area contributed by atoms with Gasteiger partial charge in [0.25, 0.3) is 0 Å². The van der Waals surface area contributed by atoms with Gasteiger partial charge in [0.2, 0.25) is 11.8 Å². The van der Waals surface area contributed by atoms with E-state index in [9.17, 15) is 14.0 Å². The van der Waals surface area contributed by atoms with Crippen LogP contribution < -0.4 is 5.32 Å². The molecule has 0 aliphatic carbocycles. The maximum absolute atomic E-state index is 14.1. The predicted molar refractivity (Wildman–Crippen MR) is 77.9 cm³/mol. The summed E-state index contributed by atoms with van der Waals surface area (Å²) < 4.78 is 14.1. The van der Waals surface area contributed by atoms with E-state index in [1.165, 1.54) is 11.0 Å². The minimum atomic E-state index is -0.538. The summed E-state index contributed by atoms with van der Waals surface area (Å²) in [5.41, 5.74) is 0.407. The van der Waals surface area contributed by atoms with Crippen molar-refractivity contribution < 1.29 is 14.0 Å². The molecule has 114 valence electrons. The van der Waals surface area contributed by atoms with Crippen LogP contribution in [0.4, 0.5) is 4.39 Å². The van der Waals surface area contributed by atoms with Crippen molar-refractivity contribution in [3.63, 3.8) is 0 Å². The van der Waals surface area contributed by atoms with Crippen LogP contribution in [0.5, 0.6) is 0 Å². The highest BCUT2D eigenvalue weighted by molar-refractivity contribution is 5.84. The van der Waals surface area contributed by atoms with E-state index in [-0.39, 0.29) is 17.6 Å². The van der Waals surface area contributed by atoms with Crippen molar-refractivity contribution in [2.75, 3.05) is 13.6 Å². The average Bonchev–Trinajstić information content (AvgIpc) is 2.48. The summed E-state index contributed by atoms with van der Waals surface area (Å²) in [6.45, 7) is 2.57. The van der Waals surface area contributed by atoms with Crippen molar-refractivity contribution in [1.29, 1.82) is 0 Å². The number of carbonyl (C=O) groups is 2. The SMILES string of the molecule is CCCNC(=O)[C@@H]1CCC(=O)N(C)[C@@H]1c1ccccc1F. The maximum Gasteiger partial charge on any atom is 0.225 e. The molecule has 1 aromatic carbocycles. The number of nitrogens with one attached hydrogen (secondary N) is 1. The molecule has 0 radical (unpaired) electrons. The molecular weight excluding hydrogens is 271 g/mol. The van der Waals surface area contributed by atoms with Gasteiger partial charge in [-0.3, -0.25) is 9.59 Å². The normalized spacial score (nSPS) is 22.2. The van der Waals surface area contributed by atoms with E-state index in [1.807, 2.05) is 6.92 Å². The molecule has 2 rings (SSSR count). The lowest BCUT2D eigenvalue weighted by Crippen LogP contribution is -2.46. The number of hydrogen-bond acceptors (Lipinski definition) is 2. The highest BCUT2D eigenvalue weighted by Crippen LogP contribution is 2.36. The number of rotatable bonds is 4. The molecule has 1 aliphatic rings. The number of carbonyl (C=O) groups excluding carboxylic acids is 2. The van der Waals surface area contributed by atoms with E-state index in [1.54, 1.807) is 25.2 Å². The van der Waals surface area contributed by atoms with Gasteiger partial charge in [-0.2, -0.15) is 0 Å². The Hall–Kier alpha value is -1.91. The van der Waals surface area contributed by atoms with Crippen LogP contribution in [-0.2, 0) is 9.59 Å². The number of likely N-dealkylation sites (tertiary alicyclic amines) is 1. The Kier molecular flexibility index (Phi) is 4.94. The first kappa shape index (κ1) is 15.5. The summed E-state index contributed by atoms with van der Waals surface area (Å²) in [6, 6.07) is 5.81. The van der Waals surface area contributed by atoms with E-state index in [2.05, 4.69) is 5.32 Å². The fraction of sp³-hybridized carbons (Fsp3) is 0.500. The van der Waals surface area contributed by atoms with Gasteiger partial charge in [0.05, 0.1) is 12.0 Å². The average molecular weight is 292 g/mol. The van der Waals surface area contributed by atoms with E-state index < -0.39 is 12.0 Å². The Bertz CT molecular complexity index is 533. The van der Waals surface area contributed by atoms with E-state index in [0.29, 0.717) is 24.9 Å². The predicted octanol–water partition coefficient (Wildman–Crippen LogP) is 2.26. The third-order valence-corrected chi connectivity index (χ3v) is 3.97. The topological polar surface area (TPSA) is 49.4 Å². The van der Waals surface area contributed by atoms with Crippen molar-refractivity contribution in [2.24, 2.45) is 5.92 Å². The Balaban J connectivity index is 2.32. The summed E-state index contributed by atoms with van der Waals surface area (Å²) in [5.74, 6) is -0.944. The summed E-state index contributed by atoms with van der Waals surface area (Å²) in [7, 11) is 1.64. The molecule has 0 aromatic heterocycles. The summed E-state index contributed by atoms with van der Waals surface area (Å²) >= 11 is 0. The van der Waals surface area contributed by atoms with Crippen LogP contribution in [0.15, 0.2) is 24.3 Å². The molecule has 2 amide bonds. The van der Waals surface area contributed by atoms with Gasteiger partial charge in [-0.05, 0) is 18.9 Å². The number of benzene rings is 1. The van der Waals surface area contributed by atoms with Gasteiger partial charge in [0.15, 0.2) is 0 Å². The van der Waals surface area contributed by atoms with Crippen molar-refractivity contribution in [2.45, 2.75) is 32.2 Å². The zero-order chi connectivity index (χ0) is 15.4. The van der Waals surface area contributed by atoms with Gasteiger partial charge in [0.1, 0.15) is 5.82 Å². The quantitative estimate of drug-likeness (QED) is 0.925. The third kappa shape index (κ3) is 3.23. The fourth-order valence-electron chi connectivity index (χ4n) is 2.83. The highest BCUT2D eigenvalue weighted by Gasteiger charge is 2.39. The lowest BCUT2D eigenvalue weighted by Gasteiger charge is -2.38. The molecule has 1 aliphatic heterocycles. The van der Waals surface area contributed by atoms with Crippen LogP contribution in [0, 0.1) is 11.7 Å². The molecule has 0 unspecified atom stereocenters.